The molecule has 472 valence electrons. The van der Waals surface area contributed by atoms with Gasteiger partial charge in [0, 0.05) is 43.7 Å². The van der Waals surface area contributed by atoms with Crippen LogP contribution in [-0.2, 0) is 50.6 Å². The van der Waals surface area contributed by atoms with Gasteiger partial charge in [-0.3, -0.25) is 13.9 Å². The number of carbonyl (C=O) groups is 2. The number of unbranched alkanes of at least 4 members (excludes halogenated alkanes) is 1. The largest absolute Gasteiger partial charge is 0.489 e. The van der Waals surface area contributed by atoms with Crippen molar-refractivity contribution in [1.29, 1.82) is 0 Å². The Morgan fingerprint density at radius 3 is 1.83 bits per heavy atom. The van der Waals surface area contributed by atoms with Crippen molar-refractivity contribution in [3.05, 3.63) is 12.7 Å². The lowest BCUT2D eigenvalue weighted by Gasteiger charge is -2.20. The molecule has 29 nitrogen and oxygen atoms in total. The minimum atomic E-state index is -5.70. The zero-order valence-corrected chi connectivity index (χ0v) is 52.5. The standard InChI is InChI=1S/C30H52N9O17P3S.3C6H15N/c31-27-24-28(34-17-33-27)39(18-35-24)29-26(42)25(41)20(54-29)15-53-58(46,47)56-59(48,49)55-57(44,45)36-8-4-10-51-12-14-52-13-11-50-9-3-7-32-22(40)6-2-1-5-21-23-19(16-60-21)37-30(43)38-23;3*1-4-7(5-2)6-3/h17-21,23,25-26,29,41-42H,1-16H2,(H,32,40)(H,46,47)(H,48,49)(H2,31,33,34)(H2,36,44,45)(H2,37,38,43);3*4-6H2,1-3H3/t19-,20+,21-,23-,25+,26+,29+;;;/m0.../s1. The first-order chi connectivity index (χ1) is 38.6. The monoisotopic (exact) mass is 1240 g/mol. The molecular weight excluding hydrogens is 1140 g/mol. The van der Waals surface area contributed by atoms with E-state index in [4.69, 9.17) is 24.7 Å². The van der Waals surface area contributed by atoms with Crippen LogP contribution in [0, 0.1) is 0 Å². The van der Waals surface area contributed by atoms with E-state index < -0.39 is 54.5 Å². The fraction of sp³-hybridized carbons (Fsp3) is 0.854. The molecule has 3 amide bonds. The SMILES string of the molecule is CCN(CC)CC.CCN(CC)CC.CCN(CC)CC.Nc1ncnc2c1ncn2[C@@H]1O[C@H](COP(=O)(O)OP(=O)(O)OP(=O)(O)NCCCOCCOCCOCCCNC(=O)CCCC[C@@H]2SC[C@@H]3NC(=O)N[C@@H]32)[C@@H](O)[C@H]1O. The van der Waals surface area contributed by atoms with Gasteiger partial charge >= 0.3 is 29.4 Å². The molecule has 3 unspecified atom stereocenters. The number of nitrogens with zero attached hydrogens (tertiary/aromatic N) is 7. The van der Waals surface area contributed by atoms with E-state index in [-0.39, 0.29) is 73.8 Å². The minimum absolute atomic E-state index is 0.00198. The number of fused-ring (bicyclic) bond motifs is 2. The van der Waals surface area contributed by atoms with Crippen molar-refractivity contribution < 1.29 is 80.3 Å². The Morgan fingerprint density at radius 2 is 1.28 bits per heavy atom. The number of urea groups is 1. The summed E-state index contributed by atoms with van der Waals surface area (Å²) < 4.78 is 73.0. The fourth-order valence-electron chi connectivity index (χ4n) is 8.37. The Kier molecular flexibility index (Phi) is 37.5. The Labute approximate surface area is 483 Å². The van der Waals surface area contributed by atoms with Crippen LogP contribution in [0.5, 0.6) is 0 Å². The number of anilines is 1. The molecule has 10 atom stereocenters. The van der Waals surface area contributed by atoms with E-state index in [1.54, 1.807) is 0 Å². The lowest BCUT2D eigenvalue weighted by Crippen LogP contribution is -2.36. The average Bonchev–Trinajstić information content (AvgIpc) is 4.42. The molecule has 5 rings (SSSR count). The summed E-state index contributed by atoms with van der Waals surface area (Å²) in [6.07, 6.45) is 0.214. The van der Waals surface area contributed by atoms with E-state index in [0.29, 0.717) is 44.5 Å². The molecule has 3 saturated heterocycles. The third kappa shape index (κ3) is 29.0. The number of nitrogens with two attached hydrogens (primary N) is 1. The summed E-state index contributed by atoms with van der Waals surface area (Å²) in [6, 6.07) is 0.282. The number of imidazole rings is 1. The number of nitrogen functional groups attached to an aromatic ring is 1. The van der Waals surface area contributed by atoms with Crippen LogP contribution in [0.4, 0.5) is 10.6 Å². The van der Waals surface area contributed by atoms with Gasteiger partial charge in [0.2, 0.25) is 5.91 Å². The summed E-state index contributed by atoms with van der Waals surface area (Å²) in [5, 5.41) is 32.1. The maximum Gasteiger partial charge on any atom is 0.489 e. The zero-order valence-electron chi connectivity index (χ0n) is 49.0. The van der Waals surface area contributed by atoms with Crippen LogP contribution in [-0.4, -0.2) is 231 Å². The van der Waals surface area contributed by atoms with Crippen molar-refractivity contribution in [2.24, 2.45) is 0 Å². The number of thioether (sulfide) groups is 1. The molecule has 3 fully saturated rings. The average molecular weight is 1240 g/mol. The van der Waals surface area contributed by atoms with Gasteiger partial charge in [-0.2, -0.15) is 20.4 Å². The highest BCUT2D eigenvalue weighted by Gasteiger charge is 2.47. The number of amides is 3. The number of ether oxygens (including phenoxy) is 4. The van der Waals surface area contributed by atoms with Crippen LogP contribution >= 0.6 is 35.2 Å². The molecule has 81 heavy (non-hydrogen) atoms. The first kappa shape index (κ1) is 74.6. The summed E-state index contributed by atoms with van der Waals surface area (Å²) in [5.74, 6) is 0.961. The number of aliphatic hydroxyl groups excluding tert-OH is 2. The molecule has 2 aromatic rings. The van der Waals surface area contributed by atoms with E-state index >= 15 is 0 Å². The first-order valence-corrected chi connectivity index (χ1v) is 33.8. The molecule has 11 N–H and O–H groups in total. The minimum Gasteiger partial charge on any atom is -0.387 e. The highest BCUT2D eigenvalue weighted by molar-refractivity contribution is 8.00. The normalized spacial score (nSPS) is 22.6. The van der Waals surface area contributed by atoms with Crippen LogP contribution in [0.2, 0.25) is 0 Å². The van der Waals surface area contributed by atoms with Crippen molar-refractivity contribution in [2.75, 3.05) is 130 Å². The Morgan fingerprint density at radius 1 is 0.741 bits per heavy atom. The van der Waals surface area contributed by atoms with Gasteiger partial charge in [-0.1, -0.05) is 68.7 Å². The third-order valence-electron chi connectivity index (χ3n) is 13.2. The second-order valence-corrected chi connectivity index (χ2v) is 24.6. The molecule has 0 bridgehead atoms. The van der Waals surface area contributed by atoms with Crippen molar-refractivity contribution in [3.63, 3.8) is 0 Å². The summed E-state index contributed by atoms with van der Waals surface area (Å²) in [6.45, 7) is 31.4. The third-order valence-corrected chi connectivity index (χ3v) is 19.2. The van der Waals surface area contributed by atoms with Crippen LogP contribution in [0.1, 0.15) is 107 Å². The molecule has 5 heterocycles. The molecular formula is C48H97N12O17P3S. The van der Waals surface area contributed by atoms with Gasteiger partial charge in [0.1, 0.15) is 30.2 Å². The molecule has 2 aromatic heterocycles. The van der Waals surface area contributed by atoms with E-state index in [1.165, 1.54) is 69.8 Å². The van der Waals surface area contributed by atoms with Gasteiger partial charge in [-0.15, -0.1) is 0 Å². The molecule has 0 aliphatic carbocycles. The number of phosphoric ester groups is 1. The molecule has 0 radical (unpaired) electrons. The quantitative estimate of drug-likeness (QED) is 0.0262. The van der Waals surface area contributed by atoms with Crippen molar-refractivity contribution >= 4 is 64.1 Å². The van der Waals surface area contributed by atoms with Crippen LogP contribution < -0.4 is 26.8 Å². The summed E-state index contributed by atoms with van der Waals surface area (Å²) in [7, 11) is -16.2. The Hall–Kier alpha value is -2.51. The Bertz CT molecular complexity index is 2150. The number of hydrogen-bond acceptors (Lipinski definition) is 22. The smallest absolute Gasteiger partial charge is 0.387 e. The summed E-state index contributed by atoms with van der Waals surface area (Å²) in [4.78, 5) is 72.3. The second kappa shape index (κ2) is 40.7. The number of phosphoric acid groups is 2. The van der Waals surface area contributed by atoms with Crippen molar-refractivity contribution in [1.82, 2.24) is 55.3 Å². The fourth-order valence-corrected chi connectivity index (χ4v) is 13.7. The van der Waals surface area contributed by atoms with E-state index in [1.807, 2.05) is 16.8 Å². The molecule has 33 heteroatoms. The first-order valence-electron chi connectivity index (χ1n) is 28.2. The highest BCUT2D eigenvalue weighted by Crippen LogP contribution is 2.66. The van der Waals surface area contributed by atoms with Gasteiger partial charge in [-0.05, 0) is 84.6 Å². The number of aromatic nitrogens is 4. The van der Waals surface area contributed by atoms with Crippen molar-refractivity contribution in [2.45, 2.75) is 143 Å². The number of aliphatic hydroxyl groups is 2. The number of rotatable bonds is 37. The Balaban J connectivity index is 0.000000900. The zero-order chi connectivity index (χ0) is 60.4. The molecule has 0 aromatic carbocycles. The molecule has 0 saturated carbocycles. The topological polar surface area (TPSA) is 379 Å². The van der Waals surface area contributed by atoms with Crippen molar-refractivity contribution in [3.8, 4) is 0 Å². The van der Waals surface area contributed by atoms with Gasteiger partial charge in [0.05, 0.1) is 51.4 Å². The lowest BCUT2D eigenvalue weighted by molar-refractivity contribution is -0.121. The number of nitrogens with one attached hydrogen (secondary N) is 4. The van der Waals surface area contributed by atoms with Gasteiger partial charge in [0.25, 0.3) is 0 Å². The lowest BCUT2D eigenvalue weighted by atomic mass is 10.0. The van der Waals surface area contributed by atoms with E-state index in [0.717, 1.165) is 31.3 Å². The summed E-state index contributed by atoms with van der Waals surface area (Å²) in [5.41, 5.74) is 6.09. The van der Waals surface area contributed by atoms with Crippen LogP contribution in [0.3, 0.4) is 0 Å². The number of carbonyl (C=O) groups excluding carboxylic acids is 2. The predicted molar refractivity (Wildman–Crippen MR) is 310 cm³/mol. The van der Waals surface area contributed by atoms with E-state index in [9.17, 15) is 48.2 Å². The van der Waals surface area contributed by atoms with Crippen LogP contribution in [0.15, 0.2) is 12.7 Å². The predicted octanol–water partition coefficient (Wildman–Crippen LogP) is 3.68. The van der Waals surface area contributed by atoms with Gasteiger partial charge in [0.15, 0.2) is 17.7 Å². The molecule has 3 aliphatic rings. The van der Waals surface area contributed by atoms with Crippen LogP contribution in [0.25, 0.3) is 11.2 Å². The maximum atomic E-state index is 12.4. The highest BCUT2D eigenvalue weighted by atomic mass is 32.2. The summed E-state index contributed by atoms with van der Waals surface area (Å²) >= 11 is 1.86. The number of hydrogen-bond donors (Lipinski definition) is 10. The molecule has 3 aliphatic heterocycles. The molecule has 0 spiro atoms. The second-order valence-electron chi connectivity index (χ2n) is 18.6. The van der Waals surface area contributed by atoms with E-state index in [2.05, 4.69) is 121 Å². The van der Waals surface area contributed by atoms with Gasteiger partial charge < -0.3 is 80.2 Å². The maximum absolute atomic E-state index is 12.4. The van der Waals surface area contributed by atoms with Gasteiger partial charge in [-0.25, -0.2) is 38.5 Å².